The van der Waals surface area contributed by atoms with Crippen LogP contribution < -0.4 is 5.32 Å². The van der Waals surface area contributed by atoms with Gasteiger partial charge >= 0.3 is 0 Å². The molecule has 1 N–H and O–H groups in total. The van der Waals surface area contributed by atoms with Crippen LogP contribution in [-0.4, -0.2) is 25.2 Å². The van der Waals surface area contributed by atoms with Gasteiger partial charge in [0, 0.05) is 29.3 Å². The van der Waals surface area contributed by atoms with E-state index in [4.69, 9.17) is 0 Å². The summed E-state index contributed by atoms with van der Waals surface area (Å²) in [5, 5.41) is 8.95. The molecule has 0 saturated heterocycles. The van der Waals surface area contributed by atoms with Crippen molar-refractivity contribution in [2.75, 3.05) is 5.32 Å². The van der Waals surface area contributed by atoms with Gasteiger partial charge in [-0.15, -0.1) is 0 Å². The Balaban J connectivity index is 1.74. The lowest BCUT2D eigenvalue weighted by Gasteiger charge is -2.32. The van der Waals surface area contributed by atoms with Crippen molar-refractivity contribution in [2.45, 2.75) is 64.0 Å². The Hall–Kier alpha value is -1.43. The topological polar surface area (TPSA) is 55.6 Å². The highest BCUT2D eigenvalue weighted by Crippen LogP contribution is 2.31. The van der Waals surface area contributed by atoms with Crippen molar-refractivity contribution in [3.05, 3.63) is 24.3 Å². The monoisotopic (exact) mass is 305 g/mol. The van der Waals surface area contributed by atoms with E-state index in [0.29, 0.717) is 12.1 Å². The molecule has 2 unspecified atom stereocenters. The third-order valence-corrected chi connectivity index (χ3v) is 4.65. The standard InChI is InChI=1S/C15H23N5S/c1-15(2,3)13-18-14(21-19-13)17-11-7-4-5-8-12(11)20-10-6-9-16-20/h6,9-12H,4-5,7-8H2,1-3H3,(H,17,18,19). The largest absolute Gasteiger partial charge is 0.355 e. The zero-order chi connectivity index (χ0) is 14.9. The van der Waals surface area contributed by atoms with Crippen LogP contribution in [0.15, 0.2) is 18.5 Å². The molecule has 1 aliphatic carbocycles. The van der Waals surface area contributed by atoms with Crippen LogP contribution >= 0.6 is 11.5 Å². The summed E-state index contributed by atoms with van der Waals surface area (Å²) in [6.07, 6.45) is 8.78. The van der Waals surface area contributed by atoms with Crippen LogP contribution in [0.3, 0.4) is 0 Å². The summed E-state index contributed by atoms with van der Waals surface area (Å²) in [6.45, 7) is 6.43. The van der Waals surface area contributed by atoms with Crippen LogP contribution in [0, 0.1) is 0 Å². The fraction of sp³-hybridized carbons (Fsp3) is 0.667. The number of aromatic nitrogens is 4. The quantitative estimate of drug-likeness (QED) is 0.941. The van der Waals surface area contributed by atoms with Crippen LogP contribution in [0.2, 0.25) is 0 Å². The highest BCUT2D eigenvalue weighted by molar-refractivity contribution is 7.09. The SMILES string of the molecule is CC(C)(C)c1nsc(NC2CCCCC2n2cccn2)n1. The fourth-order valence-corrected chi connectivity index (χ4v) is 3.64. The zero-order valence-electron chi connectivity index (χ0n) is 12.9. The molecule has 0 aliphatic heterocycles. The van der Waals surface area contributed by atoms with Gasteiger partial charge in [-0.2, -0.15) is 9.47 Å². The van der Waals surface area contributed by atoms with E-state index in [1.807, 2.05) is 12.3 Å². The number of hydrogen-bond donors (Lipinski definition) is 1. The number of anilines is 1. The van der Waals surface area contributed by atoms with E-state index in [9.17, 15) is 0 Å². The average molecular weight is 305 g/mol. The van der Waals surface area contributed by atoms with Gasteiger partial charge in [0.05, 0.1) is 12.1 Å². The van der Waals surface area contributed by atoms with Crippen molar-refractivity contribution < 1.29 is 0 Å². The van der Waals surface area contributed by atoms with Crippen molar-refractivity contribution in [1.29, 1.82) is 0 Å². The van der Waals surface area contributed by atoms with Crippen molar-refractivity contribution >= 4 is 16.7 Å². The molecule has 0 aromatic carbocycles. The molecule has 2 atom stereocenters. The summed E-state index contributed by atoms with van der Waals surface area (Å²) in [5.74, 6) is 0.918. The molecule has 1 aliphatic rings. The molecule has 0 radical (unpaired) electrons. The second-order valence-corrected chi connectivity index (χ2v) is 7.51. The first-order chi connectivity index (χ1) is 10.0. The lowest BCUT2D eigenvalue weighted by atomic mass is 9.90. The first-order valence-corrected chi connectivity index (χ1v) is 8.41. The van der Waals surface area contributed by atoms with E-state index in [1.165, 1.54) is 30.8 Å². The summed E-state index contributed by atoms with van der Waals surface area (Å²) in [5.41, 5.74) is 0.00435. The van der Waals surface area contributed by atoms with E-state index < -0.39 is 0 Å². The minimum absolute atomic E-state index is 0.00435. The Bertz CT molecular complexity index is 569. The van der Waals surface area contributed by atoms with Crippen LogP contribution in [0.1, 0.15) is 58.3 Å². The first-order valence-electron chi connectivity index (χ1n) is 7.64. The molecule has 2 aromatic heterocycles. The fourth-order valence-electron chi connectivity index (χ4n) is 2.82. The van der Waals surface area contributed by atoms with Crippen molar-refractivity contribution in [1.82, 2.24) is 19.1 Å². The summed E-state index contributed by atoms with van der Waals surface area (Å²) < 4.78 is 6.57. The Labute approximate surface area is 130 Å². The summed E-state index contributed by atoms with van der Waals surface area (Å²) >= 11 is 1.47. The molecule has 6 heteroatoms. The van der Waals surface area contributed by atoms with Crippen LogP contribution in [0.25, 0.3) is 0 Å². The van der Waals surface area contributed by atoms with Gasteiger partial charge in [-0.25, -0.2) is 4.98 Å². The highest BCUT2D eigenvalue weighted by atomic mass is 32.1. The number of nitrogens with one attached hydrogen (secondary N) is 1. The molecule has 114 valence electrons. The van der Waals surface area contributed by atoms with E-state index in [1.54, 1.807) is 0 Å². The van der Waals surface area contributed by atoms with E-state index in [2.05, 4.69) is 51.4 Å². The highest BCUT2D eigenvalue weighted by Gasteiger charge is 2.28. The maximum atomic E-state index is 4.66. The molecule has 2 aromatic rings. The normalized spacial score (nSPS) is 23.2. The zero-order valence-corrected chi connectivity index (χ0v) is 13.7. The predicted octanol–water partition coefficient (Wildman–Crippen LogP) is 3.63. The molecule has 0 bridgehead atoms. The second-order valence-electron chi connectivity index (χ2n) is 6.76. The maximum Gasteiger partial charge on any atom is 0.202 e. The third kappa shape index (κ3) is 3.26. The lowest BCUT2D eigenvalue weighted by molar-refractivity contribution is 0.301. The minimum atomic E-state index is 0.00435. The maximum absolute atomic E-state index is 4.66. The van der Waals surface area contributed by atoms with Gasteiger partial charge in [-0.3, -0.25) is 4.68 Å². The Morgan fingerprint density at radius 2 is 2.10 bits per heavy atom. The van der Waals surface area contributed by atoms with Crippen LogP contribution in [0.4, 0.5) is 5.13 Å². The molecular weight excluding hydrogens is 282 g/mol. The third-order valence-electron chi connectivity index (χ3n) is 4.00. The lowest BCUT2D eigenvalue weighted by Crippen LogP contribution is -2.34. The molecule has 2 heterocycles. The molecule has 21 heavy (non-hydrogen) atoms. The summed E-state index contributed by atoms with van der Waals surface area (Å²) in [4.78, 5) is 4.66. The minimum Gasteiger partial charge on any atom is -0.355 e. The molecule has 0 amide bonds. The van der Waals surface area contributed by atoms with E-state index >= 15 is 0 Å². The van der Waals surface area contributed by atoms with Crippen molar-refractivity contribution in [3.63, 3.8) is 0 Å². The van der Waals surface area contributed by atoms with Crippen LogP contribution in [-0.2, 0) is 5.41 Å². The molecule has 5 nitrogen and oxygen atoms in total. The van der Waals surface area contributed by atoms with Gasteiger partial charge in [0.2, 0.25) is 5.13 Å². The van der Waals surface area contributed by atoms with E-state index in [-0.39, 0.29) is 5.41 Å². The van der Waals surface area contributed by atoms with Gasteiger partial charge < -0.3 is 5.32 Å². The summed E-state index contributed by atoms with van der Waals surface area (Å²) in [7, 11) is 0. The van der Waals surface area contributed by atoms with Crippen molar-refractivity contribution in [3.8, 4) is 0 Å². The number of rotatable bonds is 3. The first kappa shape index (κ1) is 14.5. The Morgan fingerprint density at radius 3 is 2.76 bits per heavy atom. The molecule has 1 fully saturated rings. The molecule has 1 saturated carbocycles. The van der Waals surface area contributed by atoms with Gasteiger partial charge in [0.25, 0.3) is 0 Å². The van der Waals surface area contributed by atoms with Gasteiger partial charge in [-0.05, 0) is 18.9 Å². The predicted molar refractivity (Wildman–Crippen MR) is 85.8 cm³/mol. The Morgan fingerprint density at radius 1 is 1.29 bits per heavy atom. The smallest absolute Gasteiger partial charge is 0.202 e. The Kier molecular flexibility index (Phi) is 3.97. The van der Waals surface area contributed by atoms with Crippen LogP contribution in [0.5, 0.6) is 0 Å². The van der Waals surface area contributed by atoms with Crippen molar-refractivity contribution in [2.24, 2.45) is 0 Å². The van der Waals surface area contributed by atoms with Gasteiger partial charge in [0.1, 0.15) is 5.82 Å². The van der Waals surface area contributed by atoms with Gasteiger partial charge in [-0.1, -0.05) is 33.6 Å². The number of hydrogen-bond acceptors (Lipinski definition) is 5. The molecular formula is C15H23N5S. The van der Waals surface area contributed by atoms with Gasteiger partial charge in [0.15, 0.2) is 0 Å². The molecule has 0 spiro atoms. The number of nitrogens with zero attached hydrogens (tertiary/aromatic N) is 4. The average Bonchev–Trinajstić information content (AvgIpc) is 3.09. The summed E-state index contributed by atoms with van der Waals surface area (Å²) in [6, 6.07) is 2.80. The van der Waals surface area contributed by atoms with E-state index in [0.717, 1.165) is 17.4 Å². The second kappa shape index (κ2) is 5.75. The molecule has 3 rings (SSSR count).